The molecule has 1 atom stereocenters. The van der Waals surface area contributed by atoms with Crippen molar-refractivity contribution in [3.63, 3.8) is 0 Å². The maximum absolute atomic E-state index is 6.10. The summed E-state index contributed by atoms with van der Waals surface area (Å²) < 4.78 is 5.31. The highest BCUT2D eigenvalue weighted by molar-refractivity contribution is 6.32. The molecule has 2 aromatic rings. The minimum absolute atomic E-state index is 0.145. The summed E-state index contributed by atoms with van der Waals surface area (Å²) in [6, 6.07) is 14.6. The SMILES string of the molecule is CCNC(c1ccc(C)cc1)c1ccc(Cl)c(OC)c1. The highest BCUT2D eigenvalue weighted by atomic mass is 35.5. The minimum Gasteiger partial charge on any atom is -0.495 e. The molecule has 0 aliphatic rings. The molecular weight excluding hydrogens is 270 g/mol. The minimum atomic E-state index is 0.145. The fraction of sp³-hybridized carbons (Fsp3) is 0.294. The predicted octanol–water partition coefficient (Wildman–Crippen LogP) is 4.36. The Balaban J connectivity index is 2.39. The van der Waals surface area contributed by atoms with Gasteiger partial charge in [-0.1, -0.05) is 54.4 Å². The Morgan fingerprint density at radius 1 is 1.10 bits per heavy atom. The van der Waals surface area contributed by atoms with Crippen molar-refractivity contribution in [1.82, 2.24) is 5.32 Å². The number of aryl methyl sites for hydroxylation is 1. The van der Waals surface area contributed by atoms with E-state index in [0.717, 1.165) is 12.1 Å². The van der Waals surface area contributed by atoms with E-state index in [-0.39, 0.29) is 6.04 Å². The van der Waals surface area contributed by atoms with Crippen LogP contribution in [0.2, 0.25) is 5.02 Å². The van der Waals surface area contributed by atoms with Gasteiger partial charge in [-0.15, -0.1) is 0 Å². The fourth-order valence-corrected chi connectivity index (χ4v) is 2.44. The Kier molecular flexibility index (Phi) is 5.05. The number of ether oxygens (including phenoxy) is 1. The van der Waals surface area contributed by atoms with E-state index in [2.05, 4.69) is 43.4 Å². The Morgan fingerprint density at radius 3 is 2.35 bits per heavy atom. The van der Waals surface area contributed by atoms with Gasteiger partial charge in [-0.2, -0.15) is 0 Å². The van der Waals surface area contributed by atoms with Crippen molar-refractivity contribution in [1.29, 1.82) is 0 Å². The van der Waals surface area contributed by atoms with Gasteiger partial charge in [0.1, 0.15) is 5.75 Å². The van der Waals surface area contributed by atoms with Gasteiger partial charge in [0.15, 0.2) is 0 Å². The van der Waals surface area contributed by atoms with Crippen LogP contribution >= 0.6 is 11.6 Å². The van der Waals surface area contributed by atoms with E-state index in [1.165, 1.54) is 11.1 Å². The summed E-state index contributed by atoms with van der Waals surface area (Å²) in [5.41, 5.74) is 3.65. The van der Waals surface area contributed by atoms with Crippen LogP contribution in [0.1, 0.15) is 29.7 Å². The monoisotopic (exact) mass is 289 g/mol. The molecule has 20 heavy (non-hydrogen) atoms. The number of nitrogens with one attached hydrogen (secondary N) is 1. The summed E-state index contributed by atoms with van der Waals surface area (Å²) in [6.07, 6.45) is 0. The molecule has 0 aliphatic carbocycles. The van der Waals surface area contributed by atoms with Crippen LogP contribution in [0.25, 0.3) is 0 Å². The second kappa shape index (κ2) is 6.78. The zero-order valence-electron chi connectivity index (χ0n) is 12.1. The largest absolute Gasteiger partial charge is 0.495 e. The summed E-state index contributed by atoms with van der Waals surface area (Å²) in [5, 5.41) is 4.14. The summed E-state index contributed by atoms with van der Waals surface area (Å²) in [5.74, 6) is 0.708. The van der Waals surface area contributed by atoms with Crippen molar-refractivity contribution in [3.8, 4) is 5.75 Å². The van der Waals surface area contributed by atoms with Crippen LogP contribution in [0.5, 0.6) is 5.75 Å². The maximum atomic E-state index is 6.10. The van der Waals surface area contributed by atoms with Crippen LogP contribution in [-0.2, 0) is 0 Å². The molecule has 0 amide bonds. The number of hydrogen-bond acceptors (Lipinski definition) is 2. The Hall–Kier alpha value is -1.51. The third-order valence-corrected chi connectivity index (χ3v) is 3.64. The van der Waals surface area contributed by atoms with Crippen LogP contribution in [-0.4, -0.2) is 13.7 Å². The topological polar surface area (TPSA) is 21.3 Å². The first-order chi connectivity index (χ1) is 9.65. The molecule has 1 unspecified atom stereocenters. The van der Waals surface area contributed by atoms with Gasteiger partial charge in [0.25, 0.3) is 0 Å². The summed E-state index contributed by atoms with van der Waals surface area (Å²) in [6.45, 7) is 5.09. The lowest BCUT2D eigenvalue weighted by molar-refractivity contribution is 0.414. The second-order valence-corrected chi connectivity index (χ2v) is 5.20. The first-order valence-corrected chi connectivity index (χ1v) is 7.17. The lowest BCUT2D eigenvalue weighted by Crippen LogP contribution is -2.22. The van der Waals surface area contributed by atoms with Crippen molar-refractivity contribution < 1.29 is 4.74 Å². The molecule has 0 radical (unpaired) electrons. The molecular formula is C17H20ClNO. The molecule has 2 aromatic carbocycles. The molecule has 0 aromatic heterocycles. The van der Waals surface area contributed by atoms with E-state index in [1.807, 2.05) is 18.2 Å². The van der Waals surface area contributed by atoms with Crippen molar-refractivity contribution >= 4 is 11.6 Å². The molecule has 0 bridgehead atoms. The second-order valence-electron chi connectivity index (χ2n) is 4.80. The zero-order valence-corrected chi connectivity index (χ0v) is 12.9. The number of hydrogen-bond donors (Lipinski definition) is 1. The molecule has 0 heterocycles. The number of halogens is 1. The van der Waals surface area contributed by atoms with Crippen LogP contribution < -0.4 is 10.1 Å². The average molecular weight is 290 g/mol. The lowest BCUT2D eigenvalue weighted by atomic mass is 9.97. The quantitative estimate of drug-likeness (QED) is 0.883. The smallest absolute Gasteiger partial charge is 0.137 e. The zero-order chi connectivity index (χ0) is 14.5. The van der Waals surface area contributed by atoms with Gasteiger partial charge in [0.2, 0.25) is 0 Å². The number of benzene rings is 2. The van der Waals surface area contributed by atoms with Crippen LogP contribution in [0.3, 0.4) is 0 Å². The van der Waals surface area contributed by atoms with Crippen molar-refractivity contribution in [2.75, 3.05) is 13.7 Å². The molecule has 0 aliphatic heterocycles. The standard InChI is InChI=1S/C17H20ClNO/c1-4-19-17(13-7-5-12(2)6-8-13)14-9-10-15(18)16(11-14)20-3/h5-11,17,19H,4H2,1-3H3. The summed E-state index contributed by atoms with van der Waals surface area (Å²) in [7, 11) is 1.64. The highest BCUT2D eigenvalue weighted by Crippen LogP contribution is 2.30. The third kappa shape index (κ3) is 3.33. The van der Waals surface area contributed by atoms with E-state index >= 15 is 0 Å². The van der Waals surface area contributed by atoms with E-state index < -0.39 is 0 Å². The van der Waals surface area contributed by atoms with Crippen LogP contribution in [0.4, 0.5) is 0 Å². The molecule has 0 spiro atoms. The molecule has 2 nitrogen and oxygen atoms in total. The Bertz CT molecular complexity index is 566. The van der Waals surface area contributed by atoms with Crippen LogP contribution in [0, 0.1) is 6.92 Å². The lowest BCUT2D eigenvalue weighted by Gasteiger charge is -2.20. The number of rotatable bonds is 5. The third-order valence-electron chi connectivity index (χ3n) is 3.33. The predicted molar refractivity (Wildman–Crippen MR) is 84.7 cm³/mol. The van der Waals surface area contributed by atoms with E-state index in [0.29, 0.717) is 10.8 Å². The van der Waals surface area contributed by atoms with E-state index in [1.54, 1.807) is 7.11 Å². The first-order valence-electron chi connectivity index (χ1n) is 6.79. The Morgan fingerprint density at radius 2 is 1.75 bits per heavy atom. The van der Waals surface area contributed by atoms with Crippen molar-refractivity contribution in [2.45, 2.75) is 19.9 Å². The molecule has 0 saturated heterocycles. The molecule has 3 heteroatoms. The normalized spacial score (nSPS) is 12.2. The van der Waals surface area contributed by atoms with Crippen molar-refractivity contribution in [2.24, 2.45) is 0 Å². The summed E-state index contributed by atoms with van der Waals surface area (Å²) in [4.78, 5) is 0. The highest BCUT2D eigenvalue weighted by Gasteiger charge is 2.14. The molecule has 106 valence electrons. The van der Waals surface area contributed by atoms with Crippen LogP contribution in [0.15, 0.2) is 42.5 Å². The summed E-state index contributed by atoms with van der Waals surface area (Å²) >= 11 is 6.10. The van der Waals surface area contributed by atoms with Gasteiger partial charge in [-0.25, -0.2) is 0 Å². The maximum Gasteiger partial charge on any atom is 0.137 e. The van der Waals surface area contributed by atoms with Crippen molar-refractivity contribution in [3.05, 3.63) is 64.2 Å². The molecule has 0 saturated carbocycles. The molecule has 0 fully saturated rings. The number of methoxy groups -OCH3 is 1. The van der Waals surface area contributed by atoms with Gasteiger partial charge in [0, 0.05) is 0 Å². The van der Waals surface area contributed by atoms with Gasteiger partial charge in [-0.05, 0) is 36.7 Å². The van der Waals surface area contributed by atoms with E-state index in [4.69, 9.17) is 16.3 Å². The van der Waals surface area contributed by atoms with Gasteiger partial charge in [-0.3, -0.25) is 0 Å². The average Bonchev–Trinajstić information content (AvgIpc) is 2.47. The van der Waals surface area contributed by atoms with Gasteiger partial charge >= 0.3 is 0 Å². The Labute approximate surface area is 125 Å². The van der Waals surface area contributed by atoms with Gasteiger partial charge < -0.3 is 10.1 Å². The van der Waals surface area contributed by atoms with Gasteiger partial charge in [0.05, 0.1) is 18.2 Å². The fourth-order valence-electron chi connectivity index (χ4n) is 2.25. The first kappa shape index (κ1) is 14.9. The van der Waals surface area contributed by atoms with E-state index in [9.17, 15) is 0 Å². The molecule has 1 N–H and O–H groups in total. The molecule has 2 rings (SSSR count).